The van der Waals surface area contributed by atoms with Crippen molar-refractivity contribution in [2.75, 3.05) is 21.3 Å². The quantitative estimate of drug-likeness (QED) is 0.634. The maximum Gasteiger partial charge on any atom is 0.269 e. The van der Waals surface area contributed by atoms with Crippen LogP contribution in [0.4, 0.5) is 0 Å². The van der Waals surface area contributed by atoms with E-state index in [0.717, 1.165) is 11.1 Å². The smallest absolute Gasteiger partial charge is 0.269 e. The molecule has 0 aliphatic carbocycles. The lowest BCUT2D eigenvalue weighted by molar-refractivity contribution is 0.355. The molecular weight excluding hydrogens is 356 g/mol. The van der Waals surface area contributed by atoms with Gasteiger partial charge < -0.3 is 18.7 Å². The molecule has 0 unspecified atom stereocenters. The van der Waals surface area contributed by atoms with Crippen molar-refractivity contribution in [3.8, 4) is 28.6 Å². The molecule has 3 rings (SSSR count). The Bertz CT molecular complexity index is 937. The molecule has 0 saturated heterocycles. The van der Waals surface area contributed by atoms with Gasteiger partial charge in [0.15, 0.2) is 11.5 Å². The molecule has 0 saturated carbocycles. The van der Waals surface area contributed by atoms with E-state index in [1.807, 2.05) is 30.3 Å². The molecule has 26 heavy (non-hydrogen) atoms. The van der Waals surface area contributed by atoms with E-state index in [0.29, 0.717) is 28.1 Å². The number of halogens is 1. The van der Waals surface area contributed by atoms with Gasteiger partial charge in [-0.25, -0.2) is 0 Å². The van der Waals surface area contributed by atoms with Gasteiger partial charge in [0.25, 0.3) is 5.89 Å². The molecule has 3 aromatic rings. The van der Waals surface area contributed by atoms with Crippen LogP contribution >= 0.6 is 11.6 Å². The summed E-state index contributed by atoms with van der Waals surface area (Å²) < 4.78 is 21.0. The van der Waals surface area contributed by atoms with Crippen molar-refractivity contribution >= 4 is 22.7 Å². The van der Waals surface area contributed by atoms with Crippen LogP contribution in [0, 0.1) is 0 Å². The van der Waals surface area contributed by atoms with E-state index in [1.54, 1.807) is 39.5 Å². The fourth-order valence-corrected chi connectivity index (χ4v) is 2.55. The van der Waals surface area contributed by atoms with Crippen LogP contribution in [0.1, 0.15) is 11.5 Å². The molecule has 7 heteroatoms. The molecule has 0 amide bonds. The molecule has 0 atom stereocenters. The summed E-state index contributed by atoms with van der Waals surface area (Å²) in [5.74, 6) is 2.60. The number of ether oxygens (including phenoxy) is 3. The van der Waals surface area contributed by atoms with E-state index in [4.69, 9.17) is 30.3 Å². The maximum absolute atomic E-state index is 6.34. The lowest BCUT2D eigenvalue weighted by Gasteiger charge is -2.07. The zero-order chi connectivity index (χ0) is 18.5. The molecule has 0 aliphatic heterocycles. The molecule has 6 nitrogen and oxygen atoms in total. The Morgan fingerprint density at radius 3 is 2.54 bits per heavy atom. The molecule has 0 spiro atoms. The standard InChI is InChI=1S/C19H17ClN2O4/c1-23-14-6-4-5-13(11-14)18-21-19(26-22-18)15(20)9-12-7-8-16(24-2)17(10-12)25-3/h4-11H,1-3H3/b15-9-. The summed E-state index contributed by atoms with van der Waals surface area (Å²) in [6.45, 7) is 0. The summed E-state index contributed by atoms with van der Waals surface area (Å²) in [6, 6.07) is 12.8. The van der Waals surface area contributed by atoms with Crippen LogP contribution in [0.15, 0.2) is 47.0 Å². The summed E-state index contributed by atoms with van der Waals surface area (Å²) in [6.07, 6.45) is 1.71. The highest BCUT2D eigenvalue weighted by Gasteiger charge is 2.13. The SMILES string of the molecule is COc1cccc(-c2noc(/C(Cl)=C/c3ccc(OC)c(OC)c3)n2)c1. The average molecular weight is 373 g/mol. The van der Waals surface area contributed by atoms with Crippen LogP contribution in [-0.2, 0) is 0 Å². The van der Waals surface area contributed by atoms with Gasteiger partial charge in [-0.05, 0) is 35.9 Å². The summed E-state index contributed by atoms with van der Waals surface area (Å²) in [5.41, 5.74) is 1.59. The average Bonchev–Trinajstić information content (AvgIpc) is 3.18. The van der Waals surface area contributed by atoms with Crippen molar-refractivity contribution in [1.29, 1.82) is 0 Å². The highest BCUT2D eigenvalue weighted by molar-refractivity contribution is 6.50. The first kappa shape index (κ1) is 17.8. The monoisotopic (exact) mass is 372 g/mol. The highest BCUT2D eigenvalue weighted by atomic mass is 35.5. The van der Waals surface area contributed by atoms with Gasteiger partial charge in [0.1, 0.15) is 10.8 Å². The number of hydrogen-bond acceptors (Lipinski definition) is 6. The first-order valence-electron chi connectivity index (χ1n) is 7.72. The fraction of sp³-hybridized carbons (Fsp3) is 0.158. The zero-order valence-electron chi connectivity index (χ0n) is 14.5. The lowest BCUT2D eigenvalue weighted by Crippen LogP contribution is -1.90. The molecule has 134 valence electrons. The second kappa shape index (κ2) is 7.93. The Kier molecular flexibility index (Phi) is 5.43. The second-order valence-electron chi connectivity index (χ2n) is 5.26. The second-order valence-corrected chi connectivity index (χ2v) is 5.67. The largest absolute Gasteiger partial charge is 0.497 e. The van der Waals surface area contributed by atoms with Crippen LogP contribution in [0.3, 0.4) is 0 Å². The molecule has 2 aromatic carbocycles. The van der Waals surface area contributed by atoms with E-state index in [-0.39, 0.29) is 5.89 Å². The number of nitrogens with zero attached hydrogens (tertiary/aromatic N) is 2. The summed E-state index contributed by atoms with van der Waals surface area (Å²) >= 11 is 6.34. The molecule has 0 fully saturated rings. The number of rotatable bonds is 6. The lowest BCUT2D eigenvalue weighted by atomic mass is 10.2. The molecule has 0 aliphatic rings. The van der Waals surface area contributed by atoms with E-state index in [9.17, 15) is 0 Å². The van der Waals surface area contributed by atoms with Gasteiger partial charge in [0.05, 0.1) is 21.3 Å². The Hall–Kier alpha value is -2.99. The topological polar surface area (TPSA) is 66.6 Å². The van der Waals surface area contributed by atoms with Crippen LogP contribution < -0.4 is 14.2 Å². The first-order valence-corrected chi connectivity index (χ1v) is 8.10. The number of benzene rings is 2. The van der Waals surface area contributed by atoms with Gasteiger partial charge in [-0.2, -0.15) is 4.98 Å². The molecule has 0 bridgehead atoms. The summed E-state index contributed by atoms with van der Waals surface area (Å²) in [7, 11) is 4.76. The minimum Gasteiger partial charge on any atom is -0.497 e. The Morgan fingerprint density at radius 2 is 1.81 bits per heavy atom. The van der Waals surface area contributed by atoms with Gasteiger partial charge in [-0.1, -0.05) is 35.0 Å². The third kappa shape index (κ3) is 3.81. The minimum atomic E-state index is 0.222. The molecule has 0 radical (unpaired) electrons. The van der Waals surface area contributed by atoms with Crippen molar-refractivity contribution in [2.24, 2.45) is 0 Å². The minimum absolute atomic E-state index is 0.222. The van der Waals surface area contributed by atoms with Crippen molar-refractivity contribution < 1.29 is 18.7 Å². The number of hydrogen-bond donors (Lipinski definition) is 0. The maximum atomic E-state index is 6.34. The Balaban J connectivity index is 1.87. The highest BCUT2D eigenvalue weighted by Crippen LogP contribution is 2.30. The predicted octanol–water partition coefficient (Wildman–Crippen LogP) is 4.50. The molecule has 0 N–H and O–H groups in total. The Morgan fingerprint density at radius 1 is 1.00 bits per heavy atom. The zero-order valence-corrected chi connectivity index (χ0v) is 15.3. The van der Waals surface area contributed by atoms with Crippen LogP contribution in [0.5, 0.6) is 17.2 Å². The van der Waals surface area contributed by atoms with Gasteiger partial charge in [-0.15, -0.1) is 0 Å². The number of aromatic nitrogens is 2. The van der Waals surface area contributed by atoms with Crippen molar-refractivity contribution in [3.05, 3.63) is 53.9 Å². The van der Waals surface area contributed by atoms with E-state index in [2.05, 4.69) is 10.1 Å². The third-order valence-electron chi connectivity index (χ3n) is 3.66. The van der Waals surface area contributed by atoms with E-state index >= 15 is 0 Å². The summed E-state index contributed by atoms with van der Waals surface area (Å²) in [5, 5.41) is 4.29. The predicted molar refractivity (Wildman–Crippen MR) is 99.6 cm³/mol. The third-order valence-corrected chi connectivity index (χ3v) is 3.93. The number of methoxy groups -OCH3 is 3. The van der Waals surface area contributed by atoms with E-state index in [1.165, 1.54) is 0 Å². The Labute approximate surface area is 156 Å². The fourth-order valence-electron chi connectivity index (χ4n) is 2.35. The van der Waals surface area contributed by atoms with Crippen molar-refractivity contribution in [2.45, 2.75) is 0 Å². The summed E-state index contributed by atoms with van der Waals surface area (Å²) in [4.78, 5) is 4.34. The first-order chi connectivity index (χ1) is 12.6. The normalized spacial score (nSPS) is 11.3. The van der Waals surface area contributed by atoms with Gasteiger partial charge in [0.2, 0.25) is 5.82 Å². The molecule has 1 heterocycles. The molecular formula is C19H17ClN2O4. The van der Waals surface area contributed by atoms with Gasteiger partial charge >= 0.3 is 0 Å². The van der Waals surface area contributed by atoms with E-state index < -0.39 is 0 Å². The molecule has 1 aromatic heterocycles. The van der Waals surface area contributed by atoms with Crippen LogP contribution in [0.25, 0.3) is 22.5 Å². The van der Waals surface area contributed by atoms with Gasteiger partial charge in [-0.3, -0.25) is 0 Å². The van der Waals surface area contributed by atoms with Crippen molar-refractivity contribution in [3.63, 3.8) is 0 Å². The van der Waals surface area contributed by atoms with Crippen LogP contribution in [0.2, 0.25) is 0 Å². The van der Waals surface area contributed by atoms with Crippen molar-refractivity contribution in [1.82, 2.24) is 10.1 Å². The van der Waals surface area contributed by atoms with Gasteiger partial charge in [0, 0.05) is 5.56 Å². The van der Waals surface area contributed by atoms with Crippen LogP contribution in [-0.4, -0.2) is 31.5 Å².